The molecule has 21 rings (SSSR count). The minimum Gasteiger partial charge on any atom is -0.460 e. The Hall–Kier alpha value is -6.86. The number of nitrogens with zero attached hydrogens (tertiary/aromatic N) is 1. The average Bonchev–Trinajstić information content (AvgIpc) is 0.748. The zero-order valence-corrected chi connectivity index (χ0v) is 84.4. The van der Waals surface area contributed by atoms with Crippen LogP contribution >= 0.6 is 0 Å². The zero-order valence-electron chi connectivity index (χ0n) is 78.7. The molecule has 0 aromatic heterocycles. The summed E-state index contributed by atoms with van der Waals surface area (Å²) in [6.07, 6.45) is 28.3. The second kappa shape index (κ2) is 39.7. The molecule has 1 amide bonds. The van der Waals surface area contributed by atoms with Crippen LogP contribution in [0.1, 0.15) is 290 Å². The first kappa shape index (κ1) is 114. The second-order valence-corrected chi connectivity index (χ2v) is 53.6. The number of ketones is 1. The van der Waals surface area contributed by atoms with Gasteiger partial charge in [-0.25, -0.2) is 14.4 Å². The minimum absolute atomic E-state index is 0.000399. The van der Waals surface area contributed by atoms with Gasteiger partial charge in [0, 0.05) is 29.3 Å². The van der Waals surface area contributed by atoms with Crippen molar-refractivity contribution in [3.05, 3.63) is 88.5 Å². The van der Waals surface area contributed by atoms with Crippen LogP contribution in [0.25, 0.3) is 0 Å². The number of esters is 3. The van der Waals surface area contributed by atoms with Crippen LogP contribution < -0.4 is 8.37 Å². The van der Waals surface area contributed by atoms with Gasteiger partial charge < -0.3 is 27.5 Å². The van der Waals surface area contributed by atoms with Gasteiger partial charge in [0.1, 0.15) is 28.5 Å². The SMILES string of the molecule is CC(C)c1cccc(C(C)C)c1OS(=O)(=O)C(F)(F)C(F)(F)C(F)(F)S(=O)(=O)O.CC1(OC(=O)c2cc(C(=O)OC3(C)C4CC5CC(C4)CC3C5)cc(S(=O)(=O)O)c2)C2CC3CC(C2)CC1C3.O=C(N(C1CCCCC1)C1CCCCC1)C(F)(F)S(=O)(=O)O.O=C1C2CC3CC1CC(COC(=O)C(F)(F)S(=O)(=O)O)(C3)C2.O=S(=O)(O)C(F)(F)C(F)(F)C(F)(F)S(=O)(=O)Oc1ccc(C23CC4CC(CC(C4)C2)C3)cc1. The van der Waals surface area contributed by atoms with E-state index in [2.05, 4.69) is 13.1 Å². The van der Waals surface area contributed by atoms with Crippen LogP contribution in [0.4, 0.5) is 70.2 Å². The molecule has 0 aliphatic heterocycles. The van der Waals surface area contributed by atoms with Crippen LogP contribution in [-0.2, 0) is 105 Å². The molecular formula is C91H115F16NO29S7. The largest absolute Gasteiger partial charge is 0.465 e. The molecule has 30 nitrogen and oxygen atoms in total. The number of carbonyl (C=O) groups is 5. The molecule has 5 N–H and O–H groups in total. The number of ether oxygens (including phenoxy) is 3. The van der Waals surface area contributed by atoms with E-state index >= 15 is 0 Å². The molecule has 0 radical (unpaired) electrons. The number of para-hydroxylation sites is 1. The second-order valence-electron chi connectivity index (χ2n) is 43.1. The summed E-state index contributed by atoms with van der Waals surface area (Å²) in [6, 6.07) is 11.6. The third-order valence-corrected chi connectivity index (χ3v) is 39.6. The number of carbonyl (C=O) groups excluding carboxylic acids is 5. The maximum atomic E-state index is 14.0. The monoisotopic (exact) mass is 2210 g/mol. The van der Waals surface area contributed by atoms with Crippen molar-refractivity contribution in [2.75, 3.05) is 6.61 Å². The summed E-state index contributed by atoms with van der Waals surface area (Å²) < 4.78 is 443. The maximum absolute atomic E-state index is 14.0. The summed E-state index contributed by atoms with van der Waals surface area (Å²) in [7, 11) is -44.1. The normalized spacial score (nSPS) is 30.7. The van der Waals surface area contributed by atoms with E-state index in [1.54, 1.807) is 0 Å². The fourth-order valence-corrected chi connectivity index (χ4v) is 30.5. The summed E-state index contributed by atoms with van der Waals surface area (Å²) in [4.78, 5) is 63.1. The maximum Gasteiger partial charge on any atom is 0.465 e. The first-order valence-electron chi connectivity index (χ1n) is 47.5. The lowest BCUT2D eigenvalue weighted by molar-refractivity contribution is -0.247. The topological polar surface area (TPSA) is 475 Å². The van der Waals surface area contributed by atoms with Crippen molar-refractivity contribution < 1.29 is 198 Å². The summed E-state index contributed by atoms with van der Waals surface area (Å²) in [5.41, 5.74) is -1.15. The number of halogens is 16. The number of alkyl halides is 16. The third-order valence-electron chi connectivity index (χ3n) is 32.7. The van der Waals surface area contributed by atoms with E-state index in [-0.39, 0.29) is 64.0 Å². The fourth-order valence-electron chi connectivity index (χ4n) is 26.4. The van der Waals surface area contributed by atoms with Gasteiger partial charge in [-0.1, -0.05) is 96.6 Å². The lowest BCUT2D eigenvalue weighted by Crippen LogP contribution is -2.61. The van der Waals surface area contributed by atoms with Crippen LogP contribution in [0.2, 0.25) is 0 Å². The average molecular weight is 2220 g/mol. The molecule has 0 spiro atoms. The van der Waals surface area contributed by atoms with Crippen molar-refractivity contribution >= 4 is 100 Å². The third kappa shape index (κ3) is 21.6. The molecule has 53 heteroatoms. The predicted octanol–water partition coefficient (Wildman–Crippen LogP) is 19.0. The van der Waals surface area contributed by atoms with E-state index in [4.69, 9.17) is 27.7 Å². The fraction of sp³-hybridized carbons (Fsp3) is 0.747. The Labute approximate surface area is 823 Å². The quantitative estimate of drug-likeness (QED) is 0.0148. The first-order valence-corrected chi connectivity index (χ1v) is 57.5. The van der Waals surface area contributed by atoms with E-state index in [1.807, 2.05) is 13.8 Å². The molecule has 2 unspecified atom stereocenters. The van der Waals surface area contributed by atoms with E-state index in [1.165, 1.54) is 76.9 Å². The summed E-state index contributed by atoms with van der Waals surface area (Å²) in [5.74, 6) is -16.1. The summed E-state index contributed by atoms with van der Waals surface area (Å²) in [6.45, 7) is 9.69. The smallest absolute Gasteiger partial charge is 0.460 e. The first-order chi connectivity index (χ1) is 65.8. The van der Waals surface area contributed by atoms with Gasteiger partial charge >= 0.3 is 128 Å². The van der Waals surface area contributed by atoms with Gasteiger partial charge in [0.05, 0.1) is 22.6 Å². The Kier molecular flexibility index (Phi) is 31.5. The van der Waals surface area contributed by atoms with Gasteiger partial charge in [-0.05, 0) is 310 Å². The number of hydrogen-bond donors (Lipinski definition) is 5. The predicted molar refractivity (Wildman–Crippen MR) is 476 cm³/mol. The number of benzene rings is 3. The molecule has 16 bridgehead atoms. The van der Waals surface area contributed by atoms with Crippen LogP contribution in [0.15, 0.2) is 65.6 Å². The Morgan fingerprint density at radius 2 is 0.750 bits per heavy atom. The summed E-state index contributed by atoms with van der Waals surface area (Å²) in [5, 5.41) is -36.8. The highest BCUT2D eigenvalue weighted by Gasteiger charge is 2.85. The van der Waals surface area contributed by atoms with Crippen LogP contribution in [0.3, 0.4) is 0 Å². The molecule has 2 atom stereocenters. The lowest BCUT2D eigenvalue weighted by atomic mass is 9.48. The van der Waals surface area contributed by atoms with Crippen molar-refractivity contribution in [2.24, 2.45) is 88.3 Å². The highest BCUT2D eigenvalue weighted by molar-refractivity contribution is 7.89. The van der Waals surface area contributed by atoms with E-state index < -0.39 is 183 Å². The molecule has 0 heterocycles. The molecular weight excluding hydrogens is 2100 g/mol. The molecule has 812 valence electrons. The summed E-state index contributed by atoms with van der Waals surface area (Å²) >= 11 is 0. The lowest BCUT2D eigenvalue weighted by Gasteiger charge is -2.59. The molecule has 0 saturated heterocycles. The van der Waals surface area contributed by atoms with Gasteiger partial charge in [0.15, 0.2) is 0 Å². The highest BCUT2D eigenvalue weighted by Crippen LogP contribution is 2.65. The van der Waals surface area contributed by atoms with Crippen molar-refractivity contribution in [3.63, 3.8) is 0 Å². The van der Waals surface area contributed by atoms with Gasteiger partial charge in [-0.15, -0.1) is 0 Å². The molecule has 18 aliphatic carbocycles. The molecule has 144 heavy (non-hydrogen) atoms. The van der Waals surface area contributed by atoms with Crippen molar-refractivity contribution in [3.8, 4) is 11.5 Å². The van der Waals surface area contributed by atoms with Gasteiger partial charge in [-0.3, -0.25) is 32.4 Å². The van der Waals surface area contributed by atoms with Gasteiger partial charge in [0.25, 0.3) is 10.1 Å². The van der Waals surface area contributed by atoms with Crippen molar-refractivity contribution in [1.29, 1.82) is 0 Å². The van der Waals surface area contributed by atoms with E-state index in [0.29, 0.717) is 116 Å². The Morgan fingerprint density at radius 3 is 1.08 bits per heavy atom. The highest BCUT2D eigenvalue weighted by atomic mass is 32.2. The number of Topliss-reactive ketones (excluding diaryl/α,β-unsaturated/α-hetero) is 1. The number of hydrogen-bond acceptors (Lipinski definition) is 24. The molecule has 3 aromatic carbocycles. The molecule has 18 saturated carbocycles. The Morgan fingerprint density at radius 1 is 0.410 bits per heavy atom. The minimum atomic E-state index is -7.10. The molecule has 3 aromatic rings. The van der Waals surface area contributed by atoms with Gasteiger partial charge in [-0.2, -0.15) is 129 Å². The van der Waals surface area contributed by atoms with Crippen LogP contribution in [-0.4, -0.2) is 189 Å². The van der Waals surface area contributed by atoms with Crippen molar-refractivity contribution in [1.82, 2.24) is 4.90 Å². The van der Waals surface area contributed by atoms with Crippen LogP contribution in [0, 0.1) is 88.3 Å². The zero-order chi connectivity index (χ0) is 107. The molecule has 18 fully saturated rings. The molecule has 18 aliphatic rings. The van der Waals surface area contributed by atoms with Crippen molar-refractivity contribution in [2.45, 2.75) is 329 Å². The number of rotatable bonds is 28. The van der Waals surface area contributed by atoms with Gasteiger partial charge in [0.2, 0.25) is 0 Å². The van der Waals surface area contributed by atoms with E-state index in [9.17, 15) is 158 Å². The Bertz CT molecular complexity index is 6010. The Balaban J connectivity index is 0.000000153. The van der Waals surface area contributed by atoms with E-state index in [0.717, 1.165) is 176 Å². The number of amides is 1. The van der Waals surface area contributed by atoms with Crippen LogP contribution in [0.5, 0.6) is 11.5 Å². The standard InChI is InChI=1S/C30H38O7S.C19H20F6O6S2.C15H18F6O6S2.C14H23F2NO4S.C13H16F2O6S/c1-29(22-5-16-3-17(7-22)8-23(29)6-16)36-27(31)20-13-21(15-26(14-20)38(33,34)35)28(32)37-30(2)24-9-18-4-19(11-24)12-25(30)10-18;20-17(21,18(22,23)32(26,27)28)19(24,25)33(29,30)31-15-3-1-14(2-4-15)16-8-11-5-12(9-16)7-13(6-11)10-16;1-8(2)10-6-5-7-11(9(3)4)12(10)27-29(25,26)15(20,21)13(16,17)14(18,19)28(22,23)24;15-14(16,22(19,20)21)13(18)17(11-7-3-1-4-8-11)12-9-5-2-6-10-12;14-13(15,22(18,19)20)11(17)21-6-12-3-7-1-8(4-12)10(16)9(2-7)5-12/h13-19,22-25H,3-12H2,1-2H3,(H,33,34,35);1-4,11-13H,5-10H2,(H,26,27,28);5-9H,1-4H3,(H,22,23,24);11-12H,1-10H2,(H,19,20,21);7-9H,1-6H2,(H,18,19,20).